The van der Waals surface area contributed by atoms with Crippen LogP contribution in [0.1, 0.15) is 20.7 Å². The Kier molecular flexibility index (Phi) is 2.62. The van der Waals surface area contributed by atoms with E-state index in [1.54, 1.807) is 0 Å². The lowest BCUT2D eigenvalue weighted by Gasteiger charge is -2.12. The molecule has 1 aliphatic rings. The SMILES string of the molecule is Nc1ccc(Cl)c2c1C(=O)N(c1ccc[nH]c1=O)C2=O. The number of hydrogen-bond acceptors (Lipinski definition) is 4. The molecule has 0 spiro atoms. The van der Waals surface area contributed by atoms with Crippen molar-refractivity contribution in [2.45, 2.75) is 0 Å². The van der Waals surface area contributed by atoms with Crippen LogP contribution >= 0.6 is 11.6 Å². The molecule has 0 aliphatic carbocycles. The first-order valence-electron chi connectivity index (χ1n) is 5.67. The highest BCUT2D eigenvalue weighted by Crippen LogP contribution is 2.34. The lowest BCUT2D eigenvalue weighted by molar-refractivity contribution is 0.0926. The summed E-state index contributed by atoms with van der Waals surface area (Å²) < 4.78 is 0. The second kappa shape index (κ2) is 4.21. The van der Waals surface area contributed by atoms with Gasteiger partial charge in [-0.3, -0.25) is 14.4 Å². The first kappa shape index (κ1) is 12.4. The predicted octanol–water partition coefficient (Wildman–Crippen LogP) is 1.41. The predicted molar refractivity (Wildman–Crippen MR) is 74.1 cm³/mol. The van der Waals surface area contributed by atoms with E-state index in [1.807, 2.05) is 0 Å². The molecule has 20 heavy (non-hydrogen) atoms. The average Bonchev–Trinajstić information content (AvgIpc) is 2.68. The first-order valence-corrected chi connectivity index (χ1v) is 6.04. The number of benzene rings is 1. The number of nitrogens with one attached hydrogen (secondary N) is 1. The largest absolute Gasteiger partial charge is 0.398 e. The van der Waals surface area contributed by atoms with Crippen LogP contribution in [0.5, 0.6) is 0 Å². The molecule has 1 aromatic carbocycles. The third-order valence-corrected chi connectivity index (χ3v) is 3.37. The van der Waals surface area contributed by atoms with Gasteiger partial charge in [0.15, 0.2) is 0 Å². The Bertz CT molecular complexity index is 772. The molecular weight excluding hydrogens is 282 g/mol. The number of imide groups is 1. The molecule has 2 heterocycles. The number of aromatic nitrogens is 1. The number of fused-ring (bicyclic) bond motifs is 1. The molecule has 0 saturated heterocycles. The molecule has 0 bridgehead atoms. The minimum Gasteiger partial charge on any atom is -0.398 e. The fraction of sp³-hybridized carbons (Fsp3) is 0. The van der Waals surface area contributed by atoms with Crippen LogP contribution in [0.4, 0.5) is 11.4 Å². The van der Waals surface area contributed by atoms with Gasteiger partial charge >= 0.3 is 0 Å². The van der Waals surface area contributed by atoms with E-state index in [2.05, 4.69) is 4.98 Å². The van der Waals surface area contributed by atoms with E-state index < -0.39 is 17.4 Å². The van der Waals surface area contributed by atoms with Crippen LogP contribution < -0.4 is 16.2 Å². The number of hydrogen-bond donors (Lipinski definition) is 2. The van der Waals surface area contributed by atoms with Crippen LogP contribution in [0.2, 0.25) is 5.02 Å². The molecule has 0 radical (unpaired) electrons. The van der Waals surface area contributed by atoms with Crippen LogP contribution in [0.25, 0.3) is 0 Å². The molecule has 3 N–H and O–H groups in total. The van der Waals surface area contributed by atoms with Crippen molar-refractivity contribution in [3.63, 3.8) is 0 Å². The molecular formula is C13H8ClN3O3. The molecule has 0 unspecified atom stereocenters. The fourth-order valence-corrected chi connectivity index (χ4v) is 2.39. The number of H-pyrrole nitrogens is 1. The summed E-state index contributed by atoms with van der Waals surface area (Å²) in [4.78, 5) is 39.6. The van der Waals surface area contributed by atoms with E-state index in [1.165, 1.54) is 30.5 Å². The normalized spacial score (nSPS) is 13.8. The van der Waals surface area contributed by atoms with E-state index in [9.17, 15) is 14.4 Å². The Morgan fingerprint density at radius 2 is 1.75 bits per heavy atom. The number of halogens is 1. The Hall–Kier alpha value is -2.60. The van der Waals surface area contributed by atoms with Crippen LogP contribution in [0.15, 0.2) is 35.3 Å². The van der Waals surface area contributed by atoms with Gasteiger partial charge in [-0.2, -0.15) is 0 Å². The van der Waals surface area contributed by atoms with Gasteiger partial charge in [-0.25, -0.2) is 4.90 Å². The topological polar surface area (TPSA) is 96.3 Å². The van der Waals surface area contributed by atoms with E-state index in [0.29, 0.717) is 0 Å². The first-order chi connectivity index (χ1) is 9.52. The number of amides is 2. The Labute approximate surface area is 117 Å². The maximum atomic E-state index is 12.3. The Morgan fingerprint density at radius 1 is 1.05 bits per heavy atom. The minimum atomic E-state index is -0.654. The minimum absolute atomic E-state index is 0.0277. The number of pyridine rings is 1. The summed E-state index contributed by atoms with van der Waals surface area (Å²) in [7, 11) is 0. The molecule has 0 fully saturated rings. The van der Waals surface area contributed by atoms with Crippen molar-refractivity contribution in [1.82, 2.24) is 4.98 Å². The van der Waals surface area contributed by atoms with E-state index >= 15 is 0 Å². The summed E-state index contributed by atoms with van der Waals surface area (Å²) in [6, 6.07) is 5.79. The second-order valence-corrected chi connectivity index (χ2v) is 4.62. The Balaban J connectivity index is 2.26. The number of rotatable bonds is 1. The number of anilines is 2. The molecule has 6 nitrogen and oxygen atoms in total. The summed E-state index contributed by atoms with van der Waals surface area (Å²) >= 11 is 5.95. The second-order valence-electron chi connectivity index (χ2n) is 4.22. The number of nitrogens with two attached hydrogens (primary N) is 1. The average molecular weight is 290 g/mol. The molecule has 100 valence electrons. The number of nitrogen functional groups attached to an aromatic ring is 1. The van der Waals surface area contributed by atoms with Gasteiger partial charge < -0.3 is 10.7 Å². The van der Waals surface area contributed by atoms with E-state index in [-0.39, 0.29) is 27.5 Å². The van der Waals surface area contributed by atoms with Gasteiger partial charge in [0.05, 0.1) is 16.1 Å². The molecule has 2 aromatic rings. The van der Waals surface area contributed by atoms with Crippen molar-refractivity contribution in [3.8, 4) is 0 Å². The molecule has 1 aliphatic heterocycles. The quantitative estimate of drug-likeness (QED) is 0.613. The third kappa shape index (κ3) is 1.55. The van der Waals surface area contributed by atoms with Crippen LogP contribution in [-0.4, -0.2) is 16.8 Å². The lowest BCUT2D eigenvalue weighted by Crippen LogP contribution is -2.34. The number of nitrogens with zero attached hydrogens (tertiary/aromatic N) is 1. The molecule has 1 aromatic heterocycles. The van der Waals surface area contributed by atoms with Crippen molar-refractivity contribution < 1.29 is 9.59 Å². The van der Waals surface area contributed by atoms with Gasteiger partial charge in [0, 0.05) is 11.9 Å². The van der Waals surface area contributed by atoms with Gasteiger partial charge in [0.1, 0.15) is 5.69 Å². The molecule has 0 atom stereocenters. The summed E-state index contributed by atoms with van der Waals surface area (Å²) in [6.07, 6.45) is 1.41. The number of aromatic amines is 1. The van der Waals surface area contributed by atoms with E-state index in [4.69, 9.17) is 17.3 Å². The summed E-state index contributed by atoms with van der Waals surface area (Å²) in [5.74, 6) is -1.30. The zero-order chi connectivity index (χ0) is 14.4. The van der Waals surface area contributed by atoms with Gasteiger partial charge in [-0.1, -0.05) is 11.6 Å². The summed E-state index contributed by atoms with van der Waals surface area (Å²) in [5, 5.41) is 0.127. The molecule has 3 rings (SSSR count). The van der Waals surface area contributed by atoms with Crippen LogP contribution in [-0.2, 0) is 0 Å². The lowest BCUT2D eigenvalue weighted by atomic mass is 10.1. The van der Waals surface area contributed by atoms with Gasteiger partial charge in [0.2, 0.25) is 0 Å². The van der Waals surface area contributed by atoms with E-state index in [0.717, 1.165) is 4.90 Å². The van der Waals surface area contributed by atoms with Crippen LogP contribution in [0.3, 0.4) is 0 Å². The van der Waals surface area contributed by atoms with Crippen molar-refractivity contribution in [2.75, 3.05) is 10.6 Å². The highest BCUT2D eigenvalue weighted by atomic mass is 35.5. The number of carbonyl (C=O) groups is 2. The van der Waals surface area contributed by atoms with Crippen molar-refractivity contribution in [3.05, 3.63) is 57.0 Å². The zero-order valence-electron chi connectivity index (χ0n) is 10.0. The molecule has 2 amide bonds. The maximum Gasteiger partial charge on any atom is 0.272 e. The highest BCUT2D eigenvalue weighted by Gasteiger charge is 2.40. The summed E-state index contributed by atoms with van der Waals surface area (Å²) in [6.45, 7) is 0. The maximum absolute atomic E-state index is 12.3. The smallest absolute Gasteiger partial charge is 0.272 e. The standard InChI is InChI=1S/C13H8ClN3O3/c14-6-3-4-7(15)10-9(6)12(19)17(13(10)20)8-2-1-5-16-11(8)18/h1-5H,15H2,(H,16,18). The van der Waals surface area contributed by atoms with Crippen LogP contribution in [0, 0.1) is 0 Å². The van der Waals surface area contributed by atoms with Gasteiger partial charge in [0.25, 0.3) is 17.4 Å². The Morgan fingerprint density at radius 3 is 2.40 bits per heavy atom. The van der Waals surface area contributed by atoms with Crippen molar-refractivity contribution in [1.29, 1.82) is 0 Å². The summed E-state index contributed by atoms with van der Waals surface area (Å²) in [5.41, 5.74) is 5.33. The number of carbonyl (C=O) groups excluding carboxylic acids is 2. The van der Waals surface area contributed by atoms with Crippen molar-refractivity contribution >= 4 is 34.8 Å². The molecule has 7 heteroatoms. The highest BCUT2D eigenvalue weighted by molar-refractivity contribution is 6.43. The van der Waals surface area contributed by atoms with Crippen molar-refractivity contribution in [2.24, 2.45) is 0 Å². The van der Waals surface area contributed by atoms with Gasteiger partial charge in [-0.15, -0.1) is 0 Å². The monoisotopic (exact) mass is 289 g/mol. The third-order valence-electron chi connectivity index (χ3n) is 3.06. The zero-order valence-corrected chi connectivity index (χ0v) is 10.8. The molecule has 0 saturated carbocycles. The van der Waals surface area contributed by atoms with Gasteiger partial charge in [-0.05, 0) is 24.3 Å². The fourth-order valence-electron chi connectivity index (χ4n) is 2.16.